The van der Waals surface area contributed by atoms with Crippen LogP contribution in [-0.4, -0.2) is 39.8 Å². The van der Waals surface area contributed by atoms with Gasteiger partial charge in [0.05, 0.1) is 12.3 Å². The average Bonchev–Trinajstić information content (AvgIpc) is 2.51. The van der Waals surface area contributed by atoms with E-state index in [4.69, 9.17) is 0 Å². The molecule has 0 radical (unpaired) electrons. The van der Waals surface area contributed by atoms with Crippen molar-refractivity contribution in [1.29, 1.82) is 0 Å². The number of hydrogen-bond acceptors (Lipinski definition) is 3. The van der Waals surface area contributed by atoms with Crippen LogP contribution < -0.4 is 15.4 Å². The summed E-state index contributed by atoms with van der Waals surface area (Å²) in [6.07, 6.45) is 1.71. The molecule has 1 aromatic rings. The number of sulfonamides is 1. The van der Waals surface area contributed by atoms with Gasteiger partial charge in [0.2, 0.25) is 10.0 Å². The van der Waals surface area contributed by atoms with Crippen LogP contribution in [0.5, 0.6) is 0 Å². The molecule has 3 N–H and O–H groups in total. The lowest BCUT2D eigenvalue weighted by molar-refractivity contribution is 0.581. The molecule has 0 atom stereocenters. The number of aliphatic imine (C=N–C) groups is 1. The highest BCUT2D eigenvalue weighted by atomic mass is 32.2. The first-order valence-corrected chi connectivity index (χ1v) is 8.87. The van der Waals surface area contributed by atoms with Crippen molar-refractivity contribution in [2.75, 3.05) is 25.4 Å². The fourth-order valence-corrected chi connectivity index (χ4v) is 2.51. The summed E-state index contributed by atoms with van der Waals surface area (Å²) in [5.41, 5.74) is 0.926. The van der Waals surface area contributed by atoms with Crippen molar-refractivity contribution < 1.29 is 8.42 Å². The van der Waals surface area contributed by atoms with Crippen LogP contribution in [0.3, 0.4) is 0 Å². The number of benzene rings is 1. The van der Waals surface area contributed by atoms with Gasteiger partial charge in [-0.05, 0) is 12.5 Å². The molecule has 1 rings (SSSR count). The molecule has 0 aliphatic carbocycles. The molecule has 0 spiro atoms. The van der Waals surface area contributed by atoms with Gasteiger partial charge in [-0.15, -0.1) is 6.58 Å². The minimum absolute atomic E-state index is 0.0511. The second kappa shape index (κ2) is 9.97. The molecule has 0 saturated carbocycles. The Hall–Kier alpha value is -1.86. The third-order valence-corrected chi connectivity index (χ3v) is 4.03. The molecule has 7 heteroatoms. The molecule has 0 bridgehead atoms. The number of rotatable bonds is 9. The number of hydrogen-bond donors (Lipinski definition) is 3. The maximum atomic E-state index is 11.9. The van der Waals surface area contributed by atoms with E-state index in [0.717, 1.165) is 5.56 Å². The van der Waals surface area contributed by atoms with Gasteiger partial charge in [0.1, 0.15) is 0 Å². The smallest absolute Gasteiger partial charge is 0.213 e. The molecule has 6 nitrogen and oxygen atoms in total. The fourth-order valence-electron chi connectivity index (χ4n) is 1.65. The summed E-state index contributed by atoms with van der Waals surface area (Å²) in [6.45, 7) is 7.33. The van der Waals surface area contributed by atoms with Crippen LogP contribution in [-0.2, 0) is 16.6 Å². The van der Waals surface area contributed by atoms with E-state index in [2.05, 4.69) is 26.9 Å². The third kappa shape index (κ3) is 7.80. The van der Waals surface area contributed by atoms with Crippen LogP contribution in [0.1, 0.15) is 12.5 Å². The van der Waals surface area contributed by atoms with E-state index in [9.17, 15) is 8.42 Å². The minimum Gasteiger partial charge on any atom is -0.357 e. The van der Waals surface area contributed by atoms with Crippen molar-refractivity contribution in [3.05, 3.63) is 48.6 Å². The quantitative estimate of drug-likeness (QED) is 0.357. The summed E-state index contributed by atoms with van der Waals surface area (Å²) in [6, 6.07) is 9.40. The Morgan fingerprint density at radius 3 is 2.64 bits per heavy atom. The van der Waals surface area contributed by atoms with E-state index >= 15 is 0 Å². The van der Waals surface area contributed by atoms with E-state index in [1.54, 1.807) is 6.08 Å². The van der Waals surface area contributed by atoms with E-state index < -0.39 is 10.0 Å². The minimum atomic E-state index is -3.34. The normalized spacial score (nSPS) is 12.0. The number of nitrogens with one attached hydrogen (secondary N) is 3. The van der Waals surface area contributed by atoms with E-state index in [1.807, 2.05) is 37.3 Å². The first-order valence-electron chi connectivity index (χ1n) is 7.21. The summed E-state index contributed by atoms with van der Waals surface area (Å²) in [5, 5.41) is 6.06. The standard InChI is InChI=1S/C15H24N4O2S/c1-3-10-17-15(16-4-2)18-11-12-22(20,21)19-13-14-8-6-5-7-9-14/h3,5-9,19H,1,4,10-13H2,2H3,(H2,16,17,18). The van der Waals surface area contributed by atoms with Crippen molar-refractivity contribution >= 4 is 16.0 Å². The summed E-state index contributed by atoms with van der Waals surface area (Å²) >= 11 is 0. The lowest BCUT2D eigenvalue weighted by Gasteiger charge is -2.10. The average molecular weight is 324 g/mol. The zero-order valence-corrected chi connectivity index (χ0v) is 13.7. The first-order chi connectivity index (χ1) is 10.6. The van der Waals surface area contributed by atoms with Crippen LogP contribution in [0, 0.1) is 0 Å². The van der Waals surface area contributed by atoms with E-state index in [1.165, 1.54) is 0 Å². The Kier molecular flexibility index (Phi) is 8.24. The lowest BCUT2D eigenvalue weighted by Crippen LogP contribution is -2.38. The topological polar surface area (TPSA) is 82.6 Å². The molecule has 0 fully saturated rings. The molecule has 0 amide bonds. The van der Waals surface area contributed by atoms with Gasteiger partial charge in [0, 0.05) is 19.6 Å². The van der Waals surface area contributed by atoms with Gasteiger partial charge in [-0.3, -0.25) is 4.99 Å². The van der Waals surface area contributed by atoms with Crippen molar-refractivity contribution in [1.82, 2.24) is 15.4 Å². The molecule has 0 heterocycles. The lowest BCUT2D eigenvalue weighted by atomic mass is 10.2. The van der Waals surface area contributed by atoms with Crippen LogP contribution in [0.15, 0.2) is 48.0 Å². The largest absolute Gasteiger partial charge is 0.357 e. The molecule has 122 valence electrons. The van der Waals surface area contributed by atoms with Crippen molar-refractivity contribution in [3.8, 4) is 0 Å². The molecule has 0 aromatic heterocycles. The molecule has 0 unspecified atom stereocenters. The van der Waals surface area contributed by atoms with Gasteiger partial charge in [-0.1, -0.05) is 36.4 Å². The fraction of sp³-hybridized carbons (Fsp3) is 0.400. The summed E-state index contributed by atoms with van der Waals surface area (Å²) in [5.74, 6) is 0.533. The molecule has 1 aromatic carbocycles. The number of guanidine groups is 1. The summed E-state index contributed by atoms with van der Waals surface area (Å²) < 4.78 is 26.4. The van der Waals surface area contributed by atoms with E-state index in [0.29, 0.717) is 25.6 Å². The van der Waals surface area contributed by atoms with Crippen molar-refractivity contribution in [3.63, 3.8) is 0 Å². The van der Waals surface area contributed by atoms with Gasteiger partial charge < -0.3 is 10.6 Å². The van der Waals surface area contributed by atoms with Gasteiger partial charge >= 0.3 is 0 Å². The van der Waals surface area contributed by atoms with Gasteiger partial charge in [0.15, 0.2) is 5.96 Å². The zero-order valence-electron chi connectivity index (χ0n) is 12.9. The van der Waals surface area contributed by atoms with Crippen molar-refractivity contribution in [2.24, 2.45) is 4.99 Å². The number of nitrogens with zero attached hydrogens (tertiary/aromatic N) is 1. The molecule has 22 heavy (non-hydrogen) atoms. The monoisotopic (exact) mass is 324 g/mol. The first kappa shape index (κ1) is 18.2. The highest BCUT2D eigenvalue weighted by Crippen LogP contribution is 1.98. The summed E-state index contributed by atoms with van der Waals surface area (Å²) in [7, 11) is -3.34. The second-order valence-electron chi connectivity index (χ2n) is 4.56. The Balaban J connectivity index is 2.44. The predicted molar refractivity (Wildman–Crippen MR) is 91.2 cm³/mol. The Labute approximate surface area is 132 Å². The highest BCUT2D eigenvalue weighted by molar-refractivity contribution is 7.89. The predicted octanol–water partition coefficient (Wildman–Crippen LogP) is 0.847. The van der Waals surface area contributed by atoms with Crippen LogP contribution in [0.4, 0.5) is 0 Å². The Morgan fingerprint density at radius 1 is 1.27 bits per heavy atom. The van der Waals surface area contributed by atoms with Gasteiger partial charge in [0.25, 0.3) is 0 Å². The maximum Gasteiger partial charge on any atom is 0.213 e. The Bertz CT molecular complexity index is 570. The SMILES string of the molecule is C=CCNC(=NCCS(=O)(=O)NCc1ccccc1)NCC. The van der Waals surface area contributed by atoms with Crippen LogP contribution >= 0.6 is 0 Å². The van der Waals surface area contributed by atoms with Gasteiger partial charge in [-0.2, -0.15) is 0 Å². The molecular formula is C15H24N4O2S. The molecule has 0 aliphatic rings. The van der Waals surface area contributed by atoms with Gasteiger partial charge in [-0.25, -0.2) is 13.1 Å². The third-order valence-electron chi connectivity index (χ3n) is 2.73. The Morgan fingerprint density at radius 2 is 2.00 bits per heavy atom. The van der Waals surface area contributed by atoms with Crippen LogP contribution in [0.25, 0.3) is 0 Å². The van der Waals surface area contributed by atoms with Crippen LogP contribution in [0.2, 0.25) is 0 Å². The molecule has 0 aliphatic heterocycles. The zero-order chi connectivity index (χ0) is 16.3. The molecular weight excluding hydrogens is 300 g/mol. The maximum absolute atomic E-state index is 11.9. The molecule has 0 saturated heterocycles. The highest BCUT2D eigenvalue weighted by Gasteiger charge is 2.09. The van der Waals surface area contributed by atoms with E-state index in [-0.39, 0.29) is 12.3 Å². The second-order valence-corrected chi connectivity index (χ2v) is 6.48. The summed E-state index contributed by atoms with van der Waals surface area (Å²) in [4.78, 5) is 4.22. The van der Waals surface area contributed by atoms with Crippen molar-refractivity contribution in [2.45, 2.75) is 13.5 Å².